The third-order valence-corrected chi connectivity index (χ3v) is 5.57. The van der Waals surface area contributed by atoms with E-state index in [1.54, 1.807) is 0 Å². The molecule has 1 aromatic rings. The number of likely N-dealkylation sites (tertiary alicyclic amines) is 1. The maximum absolute atomic E-state index is 12.5. The van der Waals surface area contributed by atoms with Crippen molar-refractivity contribution in [2.45, 2.75) is 37.5 Å². The van der Waals surface area contributed by atoms with Crippen molar-refractivity contribution in [3.63, 3.8) is 0 Å². The number of ether oxygens (including phenoxy) is 2. The van der Waals surface area contributed by atoms with Gasteiger partial charge in [-0.1, -0.05) is 18.2 Å². The Bertz CT molecular complexity index is 571. The number of rotatable bonds is 2. The first-order chi connectivity index (χ1) is 12.2. The summed E-state index contributed by atoms with van der Waals surface area (Å²) in [5.74, 6) is -0.419. The second-order valence-corrected chi connectivity index (χ2v) is 7.14. The molecule has 1 N–H and O–H groups in total. The van der Waals surface area contributed by atoms with Gasteiger partial charge in [0.25, 0.3) is 0 Å². The van der Waals surface area contributed by atoms with Gasteiger partial charge in [0.05, 0.1) is 13.2 Å². The fourth-order valence-electron chi connectivity index (χ4n) is 4.02. The smallest absolute Gasteiger partial charge is 0.317 e. The van der Waals surface area contributed by atoms with Gasteiger partial charge in [-0.25, -0.2) is 4.79 Å². The number of hydrogen-bond acceptors (Lipinski definition) is 4. The lowest BCUT2D eigenvalue weighted by Gasteiger charge is -2.39. The molecule has 2 amide bonds. The molecule has 0 unspecified atom stereocenters. The Hall–Kier alpha value is -1.79. The number of urea groups is 1. The van der Waals surface area contributed by atoms with Crippen molar-refractivity contribution in [3.8, 4) is 0 Å². The lowest BCUT2D eigenvalue weighted by atomic mass is 10.0. The van der Waals surface area contributed by atoms with Crippen molar-refractivity contribution < 1.29 is 14.3 Å². The van der Waals surface area contributed by atoms with E-state index in [-0.39, 0.29) is 12.1 Å². The molecule has 0 aromatic heterocycles. The fourth-order valence-corrected chi connectivity index (χ4v) is 4.02. The molecule has 3 heterocycles. The zero-order chi connectivity index (χ0) is 17.1. The first-order valence-electron chi connectivity index (χ1n) is 9.37. The lowest BCUT2D eigenvalue weighted by Crippen LogP contribution is -2.53. The van der Waals surface area contributed by atoms with Crippen molar-refractivity contribution in [1.29, 1.82) is 0 Å². The minimum absolute atomic E-state index is 0.0611. The molecule has 1 spiro atoms. The maximum Gasteiger partial charge on any atom is 0.317 e. The van der Waals surface area contributed by atoms with Crippen LogP contribution in [0.3, 0.4) is 0 Å². The molecule has 3 aliphatic heterocycles. The molecule has 136 valence electrons. The van der Waals surface area contributed by atoms with Crippen LogP contribution in [0.4, 0.5) is 10.5 Å². The molecule has 0 radical (unpaired) electrons. The number of amides is 2. The van der Waals surface area contributed by atoms with E-state index in [4.69, 9.17) is 9.47 Å². The molecular weight excluding hydrogens is 318 g/mol. The topological polar surface area (TPSA) is 54.0 Å². The summed E-state index contributed by atoms with van der Waals surface area (Å²) in [6, 6.07) is 10.8. The Kier molecular flexibility index (Phi) is 4.81. The van der Waals surface area contributed by atoms with Crippen LogP contribution in [0, 0.1) is 0 Å². The summed E-state index contributed by atoms with van der Waals surface area (Å²) in [5.41, 5.74) is 1.27. The van der Waals surface area contributed by atoms with Crippen molar-refractivity contribution in [2.24, 2.45) is 0 Å². The SMILES string of the molecule is O=C(NC1CCN(c2ccccc2)CC1)N1CCC2(CC1)OCCO2. The van der Waals surface area contributed by atoms with Gasteiger partial charge in [0.15, 0.2) is 5.79 Å². The van der Waals surface area contributed by atoms with Crippen LogP contribution >= 0.6 is 0 Å². The summed E-state index contributed by atoms with van der Waals surface area (Å²) < 4.78 is 11.5. The van der Waals surface area contributed by atoms with Gasteiger partial charge in [0, 0.05) is 50.7 Å². The van der Waals surface area contributed by atoms with Crippen LogP contribution in [0.5, 0.6) is 0 Å². The highest BCUT2D eigenvalue weighted by Crippen LogP contribution is 2.31. The zero-order valence-corrected chi connectivity index (χ0v) is 14.7. The fraction of sp³-hybridized carbons (Fsp3) is 0.632. The first-order valence-corrected chi connectivity index (χ1v) is 9.37. The average Bonchev–Trinajstić information content (AvgIpc) is 3.11. The van der Waals surface area contributed by atoms with Crippen LogP contribution in [-0.4, -0.2) is 62.2 Å². The van der Waals surface area contributed by atoms with Gasteiger partial charge >= 0.3 is 6.03 Å². The number of benzene rings is 1. The van der Waals surface area contributed by atoms with Crippen LogP contribution in [0.25, 0.3) is 0 Å². The number of carbonyl (C=O) groups is 1. The minimum atomic E-state index is -0.419. The van der Waals surface area contributed by atoms with E-state index in [2.05, 4.69) is 34.5 Å². The number of carbonyl (C=O) groups excluding carboxylic acids is 1. The highest BCUT2D eigenvalue weighted by molar-refractivity contribution is 5.74. The number of nitrogens with one attached hydrogen (secondary N) is 1. The largest absolute Gasteiger partial charge is 0.371 e. The van der Waals surface area contributed by atoms with Crippen LogP contribution in [0.15, 0.2) is 30.3 Å². The summed E-state index contributed by atoms with van der Waals surface area (Å²) >= 11 is 0. The van der Waals surface area contributed by atoms with Crippen LogP contribution < -0.4 is 10.2 Å². The van der Waals surface area contributed by atoms with E-state index in [1.807, 2.05) is 11.0 Å². The van der Waals surface area contributed by atoms with Gasteiger partial charge in [-0.15, -0.1) is 0 Å². The Morgan fingerprint density at radius 2 is 1.64 bits per heavy atom. The third kappa shape index (κ3) is 3.75. The number of hydrogen-bond donors (Lipinski definition) is 1. The summed E-state index contributed by atoms with van der Waals surface area (Å²) in [5, 5.41) is 3.22. The summed E-state index contributed by atoms with van der Waals surface area (Å²) in [4.78, 5) is 16.8. The molecule has 6 heteroatoms. The summed E-state index contributed by atoms with van der Waals surface area (Å²) in [6.45, 7) is 4.72. The molecule has 3 saturated heterocycles. The Labute approximate surface area is 149 Å². The average molecular weight is 345 g/mol. The summed E-state index contributed by atoms with van der Waals surface area (Å²) in [6.07, 6.45) is 3.52. The second kappa shape index (κ2) is 7.22. The predicted molar refractivity (Wildman–Crippen MR) is 95.7 cm³/mol. The van der Waals surface area contributed by atoms with E-state index in [0.29, 0.717) is 26.3 Å². The van der Waals surface area contributed by atoms with Crippen molar-refractivity contribution in [2.75, 3.05) is 44.3 Å². The Morgan fingerprint density at radius 1 is 1.00 bits per heavy atom. The molecule has 0 bridgehead atoms. The van der Waals surface area contributed by atoms with Gasteiger partial charge in [-0.2, -0.15) is 0 Å². The predicted octanol–water partition coefficient (Wildman–Crippen LogP) is 2.20. The molecule has 4 rings (SSSR count). The van der Waals surface area contributed by atoms with Crippen LogP contribution in [0.1, 0.15) is 25.7 Å². The highest BCUT2D eigenvalue weighted by atomic mass is 16.7. The standard InChI is InChI=1S/C19H27N3O3/c23-18(22-12-8-19(9-13-22)24-14-15-25-19)20-16-6-10-21(11-7-16)17-4-2-1-3-5-17/h1-5,16H,6-15H2,(H,20,23). The van der Waals surface area contributed by atoms with E-state index in [9.17, 15) is 4.79 Å². The normalized spacial score (nSPS) is 23.8. The van der Waals surface area contributed by atoms with Crippen molar-refractivity contribution >= 4 is 11.7 Å². The number of nitrogens with zero attached hydrogens (tertiary/aromatic N) is 2. The molecule has 0 saturated carbocycles. The van der Waals surface area contributed by atoms with Crippen molar-refractivity contribution in [1.82, 2.24) is 10.2 Å². The maximum atomic E-state index is 12.5. The van der Waals surface area contributed by atoms with Gasteiger partial charge in [0.1, 0.15) is 0 Å². The first kappa shape index (κ1) is 16.7. The van der Waals surface area contributed by atoms with Gasteiger partial charge in [-0.3, -0.25) is 0 Å². The molecular formula is C19H27N3O3. The zero-order valence-electron chi connectivity index (χ0n) is 14.7. The Morgan fingerprint density at radius 3 is 2.28 bits per heavy atom. The van der Waals surface area contributed by atoms with Crippen LogP contribution in [0.2, 0.25) is 0 Å². The minimum Gasteiger partial charge on any atom is -0.371 e. The molecule has 3 fully saturated rings. The lowest BCUT2D eigenvalue weighted by molar-refractivity contribution is -0.181. The van der Waals surface area contributed by atoms with Crippen molar-refractivity contribution in [3.05, 3.63) is 30.3 Å². The molecule has 6 nitrogen and oxygen atoms in total. The number of anilines is 1. The van der Waals surface area contributed by atoms with Gasteiger partial charge in [0.2, 0.25) is 0 Å². The molecule has 1 aromatic carbocycles. The van der Waals surface area contributed by atoms with Gasteiger partial charge < -0.3 is 24.6 Å². The van der Waals surface area contributed by atoms with E-state index >= 15 is 0 Å². The Balaban J connectivity index is 1.23. The highest BCUT2D eigenvalue weighted by Gasteiger charge is 2.41. The quantitative estimate of drug-likeness (QED) is 0.893. The molecule has 25 heavy (non-hydrogen) atoms. The van der Waals surface area contributed by atoms with E-state index in [1.165, 1.54) is 5.69 Å². The van der Waals surface area contributed by atoms with Crippen LogP contribution in [-0.2, 0) is 9.47 Å². The monoisotopic (exact) mass is 345 g/mol. The molecule has 3 aliphatic rings. The molecule has 0 atom stereocenters. The molecule has 0 aliphatic carbocycles. The number of piperidine rings is 2. The van der Waals surface area contributed by atoms with E-state index in [0.717, 1.165) is 38.8 Å². The van der Waals surface area contributed by atoms with E-state index < -0.39 is 5.79 Å². The van der Waals surface area contributed by atoms with Gasteiger partial charge in [-0.05, 0) is 25.0 Å². The summed E-state index contributed by atoms with van der Waals surface area (Å²) in [7, 11) is 0. The second-order valence-electron chi connectivity index (χ2n) is 7.14. The third-order valence-electron chi connectivity index (χ3n) is 5.57. The number of para-hydroxylation sites is 1.